The van der Waals surface area contributed by atoms with Gasteiger partial charge in [0.2, 0.25) is 11.7 Å². The van der Waals surface area contributed by atoms with Crippen LogP contribution in [0.2, 0.25) is 0 Å². The van der Waals surface area contributed by atoms with Gasteiger partial charge in [0.15, 0.2) is 11.5 Å². The van der Waals surface area contributed by atoms with Crippen LogP contribution in [-0.4, -0.2) is 36.6 Å². The molecule has 1 aliphatic rings. The number of aromatic nitrogens is 2. The number of hydrogen-bond acceptors (Lipinski definition) is 7. The zero-order valence-electron chi connectivity index (χ0n) is 16.1. The Morgan fingerprint density at radius 2 is 2.04 bits per heavy atom. The number of benzene rings is 1. The van der Waals surface area contributed by atoms with Crippen molar-refractivity contribution >= 4 is 12.4 Å². The Morgan fingerprint density at radius 3 is 2.61 bits per heavy atom. The lowest BCUT2D eigenvalue weighted by atomic mass is 9.54. The standard InChI is InChI=1S/C18H23F2N3O4.ClH/c1-5-25-13-9-18(21,17(13,2)3)15-22-14(23-27-15)10-6-7-11(26-16(19)20)12(8-10)24-4;/h6-8,13,16H,5,9,21H2,1-4H3;1H. The molecule has 1 aromatic carbocycles. The Hall–Kier alpha value is -1.97. The van der Waals surface area contributed by atoms with Gasteiger partial charge in [-0.1, -0.05) is 19.0 Å². The van der Waals surface area contributed by atoms with E-state index < -0.39 is 12.2 Å². The summed E-state index contributed by atoms with van der Waals surface area (Å²) in [7, 11) is 1.36. The highest BCUT2D eigenvalue weighted by atomic mass is 35.5. The first kappa shape index (κ1) is 22.3. The van der Waals surface area contributed by atoms with E-state index in [-0.39, 0.29) is 41.2 Å². The molecular weight excluding hydrogens is 396 g/mol. The van der Waals surface area contributed by atoms with Gasteiger partial charge in [-0.15, -0.1) is 12.4 Å². The Balaban J connectivity index is 0.00000280. The first-order valence-electron chi connectivity index (χ1n) is 8.60. The van der Waals surface area contributed by atoms with E-state index in [0.29, 0.717) is 24.5 Å². The summed E-state index contributed by atoms with van der Waals surface area (Å²) in [6, 6.07) is 4.42. The quantitative estimate of drug-likeness (QED) is 0.730. The molecule has 156 valence electrons. The van der Waals surface area contributed by atoms with E-state index in [9.17, 15) is 8.78 Å². The summed E-state index contributed by atoms with van der Waals surface area (Å²) in [6.07, 6.45) is 0.577. The van der Waals surface area contributed by atoms with Crippen LogP contribution >= 0.6 is 12.4 Å². The van der Waals surface area contributed by atoms with Gasteiger partial charge in [0.1, 0.15) is 5.54 Å². The summed E-state index contributed by atoms with van der Waals surface area (Å²) in [4.78, 5) is 4.43. The molecule has 0 aliphatic heterocycles. The third-order valence-corrected chi connectivity index (χ3v) is 5.28. The lowest BCUT2D eigenvalue weighted by Crippen LogP contribution is -2.67. The van der Waals surface area contributed by atoms with Crippen LogP contribution in [0.5, 0.6) is 11.5 Å². The molecule has 3 rings (SSSR count). The van der Waals surface area contributed by atoms with Gasteiger partial charge in [0.05, 0.1) is 13.2 Å². The predicted octanol–water partition coefficient (Wildman–Crippen LogP) is 3.76. The lowest BCUT2D eigenvalue weighted by molar-refractivity contribution is -0.162. The SMILES string of the molecule is CCOC1CC(N)(c2nc(-c3ccc(OC(F)F)c(OC)c3)no2)C1(C)C.Cl. The molecular formula is C18H24ClF2N3O4. The Bertz CT molecular complexity index is 818. The minimum atomic E-state index is -2.95. The van der Waals surface area contributed by atoms with Crippen LogP contribution in [0.3, 0.4) is 0 Å². The third kappa shape index (κ3) is 3.66. The smallest absolute Gasteiger partial charge is 0.387 e. The van der Waals surface area contributed by atoms with Crippen LogP contribution in [0.1, 0.15) is 33.1 Å². The maximum atomic E-state index is 12.5. The predicted molar refractivity (Wildman–Crippen MR) is 99.8 cm³/mol. The van der Waals surface area contributed by atoms with Gasteiger partial charge in [0, 0.05) is 24.0 Å². The summed E-state index contributed by atoms with van der Waals surface area (Å²) >= 11 is 0. The molecule has 2 N–H and O–H groups in total. The number of alkyl halides is 2. The molecule has 2 unspecified atom stereocenters. The lowest BCUT2D eigenvalue weighted by Gasteiger charge is -2.56. The van der Waals surface area contributed by atoms with Crippen molar-refractivity contribution in [2.75, 3.05) is 13.7 Å². The summed E-state index contributed by atoms with van der Waals surface area (Å²) in [5.41, 5.74) is 5.90. The molecule has 10 heteroatoms. The van der Waals surface area contributed by atoms with Crippen molar-refractivity contribution in [1.29, 1.82) is 0 Å². The van der Waals surface area contributed by atoms with Gasteiger partial charge in [-0.2, -0.15) is 13.8 Å². The van der Waals surface area contributed by atoms with E-state index in [2.05, 4.69) is 14.9 Å². The molecule has 1 aliphatic carbocycles. The second-order valence-electron chi connectivity index (χ2n) is 7.01. The van der Waals surface area contributed by atoms with Gasteiger partial charge in [-0.05, 0) is 25.1 Å². The number of halogens is 3. The molecule has 1 heterocycles. The fourth-order valence-corrected chi connectivity index (χ4v) is 3.32. The molecule has 1 aromatic heterocycles. The van der Waals surface area contributed by atoms with Gasteiger partial charge >= 0.3 is 6.61 Å². The van der Waals surface area contributed by atoms with E-state index >= 15 is 0 Å². The molecule has 7 nitrogen and oxygen atoms in total. The maximum Gasteiger partial charge on any atom is 0.387 e. The largest absolute Gasteiger partial charge is 0.493 e. The highest BCUT2D eigenvalue weighted by Gasteiger charge is 2.62. The molecule has 28 heavy (non-hydrogen) atoms. The number of nitrogens with two attached hydrogens (primary N) is 1. The van der Waals surface area contributed by atoms with Crippen LogP contribution in [0.15, 0.2) is 22.7 Å². The van der Waals surface area contributed by atoms with Crippen molar-refractivity contribution in [2.24, 2.45) is 11.1 Å². The Morgan fingerprint density at radius 1 is 1.32 bits per heavy atom. The highest BCUT2D eigenvalue weighted by Crippen LogP contribution is 2.55. The maximum absolute atomic E-state index is 12.5. The second kappa shape index (κ2) is 8.18. The minimum Gasteiger partial charge on any atom is -0.493 e. The van der Waals surface area contributed by atoms with Crippen LogP contribution in [0.4, 0.5) is 8.78 Å². The van der Waals surface area contributed by atoms with E-state index in [1.54, 1.807) is 6.07 Å². The van der Waals surface area contributed by atoms with E-state index in [4.69, 9.17) is 19.7 Å². The molecule has 0 radical (unpaired) electrons. The van der Waals surface area contributed by atoms with Crippen molar-refractivity contribution in [2.45, 2.75) is 45.4 Å². The first-order valence-corrected chi connectivity index (χ1v) is 8.60. The van der Waals surface area contributed by atoms with Crippen molar-refractivity contribution in [3.8, 4) is 22.9 Å². The Kier molecular flexibility index (Phi) is 6.52. The molecule has 0 saturated heterocycles. The molecule has 0 spiro atoms. The number of nitrogens with zero attached hydrogens (tertiary/aromatic N) is 2. The topological polar surface area (TPSA) is 92.6 Å². The normalized spacial score (nSPS) is 23.1. The van der Waals surface area contributed by atoms with E-state index in [1.807, 2.05) is 20.8 Å². The molecule has 0 amide bonds. The zero-order chi connectivity index (χ0) is 19.8. The van der Waals surface area contributed by atoms with Crippen LogP contribution in [-0.2, 0) is 10.3 Å². The van der Waals surface area contributed by atoms with Crippen molar-refractivity contribution in [1.82, 2.24) is 10.1 Å². The third-order valence-electron chi connectivity index (χ3n) is 5.28. The molecule has 1 saturated carbocycles. The summed E-state index contributed by atoms with van der Waals surface area (Å²) < 4.78 is 45.6. The Labute approximate surface area is 167 Å². The van der Waals surface area contributed by atoms with Gasteiger partial charge in [-0.25, -0.2) is 0 Å². The first-order chi connectivity index (χ1) is 12.7. The summed E-state index contributed by atoms with van der Waals surface area (Å²) in [6.45, 7) is 3.59. The van der Waals surface area contributed by atoms with Crippen LogP contribution in [0.25, 0.3) is 11.4 Å². The highest BCUT2D eigenvalue weighted by molar-refractivity contribution is 5.85. The van der Waals surface area contributed by atoms with Crippen LogP contribution < -0.4 is 15.2 Å². The number of methoxy groups -OCH3 is 1. The molecule has 0 bridgehead atoms. The number of ether oxygens (including phenoxy) is 3. The van der Waals surface area contributed by atoms with E-state index in [1.165, 1.54) is 19.2 Å². The van der Waals surface area contributed by atoms with Gasteiger partial charge < -0.3 is 24.5 Å². The summed E-state index contributed by atoms with van der Waals surface area (Å²) in [5.74, 6) is 0.662. The van der Waals surface area contributed by atoms with Gasteiger partial charge in [0.25, 0.3) is 0 Å². The summed E-state index contributed by atoms with van der Waals surface area (Å²) in [5, 5.41) is 3.99. The zero-order valence-corrected chi connectivity index (χ0v) is 16.9. The van der Waals surface area contributed by atoms with Crippen molar-refractivity contribution in [3.63, 3.8) is 0 Å². The van der Waals surface area contributed by atoms with Crippen LogP contribution in [0, 0.1) is 5.41 Å². The minimum absolute atomic E-state index is 0. The average Bonchev–Trinajstić information content (AvgIpc) is 3.11. The monoisotopic (exact) mass is 419 g/mol. The molecule has 2 atom stereocenters. The van der Waals surface area contributed by atoms with E-state index in [0.717, 1.165) is 0 Å². The number of hydrogen-bond donors (Lipinski definition) is 1. The fourth-order valence-electron chi connectivity index (χ4n) is 3.32. The molecule has 1 fully saturated rings. The fraction of sp³-hybridized carbons (Fsp3) is 0.556. The van der Waals surface area contributed by atoms with Gasteiger partial charge in [-0.3, -0.25) is 0 Å². The van der Waals surface area contributed by atoms with Crippen molar-refractivity contribution < 1.29 is 27.5 Å². The number of rotatable bonds is 7. The average molecular weight is 420 g/mol. The second-order valence-corrected chi connectivity index (χ2v) is 7.01. The molecule has 2 aromatic rings. The van der Waals surface area contributed by atoms with Crippen molar-refractivity contribution in [3.05, 3.63) is 24.1 Å².